The lowest BCUT2D eigenvalue weighted by atomic mass is 10.2. The second kappa shape index (κ2) is 4.11. The van der Waals surface area contributed by atoms with Crippen LogP contribution >= 0.6 is 16.3 Å². The molecule has 0 aliphatic carbocycles. The molecule has 3 nitrogen and oxygen atoms in total. The molecule has 12 heavy (non-hydrogen) atoms. The normalized spacial score (nSPS) is 9.17. The first-order chi connectivity index (χ1) is 5.77. The molecule has 4 heteroatoms. The molecule has 0 bridgehead atoms. The second-order valence-corrected chi connectivity index (χ2v) is 2.42. The highest BCUT2D eigenvalue weighted by atomic mass is 79.9. The zero-order chi connectivity index (χ0) is 8.97. The SMILES string of the molecule is COc1cccc(C(=O)OBr)c1. The fourth-order valence-corrected chi connectivity index (χ4v) is 0.981. The minimum absolute atomic E-state index is 0.436. The third kappa shape index (κ3) is 1.98. The van der Waals surface area contributed by atoms with Crippen molar-refractivity contribution in [1.82, 2.24) is 0 Å². The molecule has 0 amide bonds. The van der Waals surface area contributed by atoms with E-state index in [1.165, 1.54) is 0 Å². The Hall–Kier alpha value is -1.03. The zero-order valence-corrected chi connectivity index (χ0v) is 8.00. The monoisotopic (exact) mass is 230 g/mol. The molecule has 0 radical (unpaired) electrons. The lowest BCUT2D eigenvalue weighted by Crippen LogP contribution is -1.97. The molecule has 1 aromatic carbocycles. The summed E-state index contributed by atoms with van der Waals surface area (Å²) in [5.41, 5.74) is 0.450. The van der Waals surface area contributed by atoms with Crippen LogP contribution in [0.2, 0.25) is 0 Å². The molecule has 0 atom stereocenters. The van der Waals surface area contributed by atoms with Crippen molar-refractivity contribution in [2.45, 2.75) is 0 Å². The molecule has 0 aromatic heterocycles. The maximum Gasteiger partial charge on any atom is 0.349 e. The van der Waals surface area contributed by atoms with Crippen molar-refractivity contribution in [2.24, 2.45) is 0 Å². The highest BCUT2D eigenvalue weighted by molar-refractivity contribution is 9.06. The average molecular weight is 231 g/mol. The number of carbonyl (C=O) groups excluding carboxylic acids is 1. The minimum atomic E-state index is -0.436. The van der Waals surface area contributed by atoms with Crippen LogP contribution in [0.25, 0.3) is 0 Å². The van der Waals surface area contributed by atoms with Gasteiger partial charge in [0.1, 0.15) is 5.75 Å². The van der Waals surface area contributed by atoms with Crippen molar-refractivity contribution in [3.05, 3.63) is 29.8 Å². The van der Waals surface area contributed by atoms with Gasteiger partial charge in [0.05, 0.1) is 12.7 Å². The summed E-state index contributed by atoms with van der Waals surface area (Å²) in [5, 5.41) is 0. The molecule has 0 unspecified atom stereocenters. The first-order valence-corrected chi connectivity index (χ1v) is 3.89. The second-order valence-electron chi connectivity index (χ2n) is 2.10. The van der Waals surface area contributed by atoms with Gasteiger partial charge >= 0.3 is 5.97 Å². The van der Waals surface area contributed by atoms with E-state index in [0.717, 1.165) is 0 Å². The highest BCUT2D eigenvalue weighted by Gasteiger charge is 2.05. The molecular formula is C8H7BrO3. The third-order valence-electron chi connectivity index (χ3n) is 1.38. The quantitative estimate of drug-likeness (QED) is 0.782. The van der Waals surface area contributed by atoms with Crippen LogP contribution in [0.3, 0.4) is 0 Å². The first kappa shape index (κ1) is 9.06. The summed E-state index contributed by atoms with van der Waals surface area (Å²) in [5.74, 6) is 0.194. The summed E-state index contributed by atoms with van der Waals surface area (Å²) < 4.78 is 9.28. The van der Waals surface area contributed by atoms with E-state index in [-0.39, 0.29) is 0 Å². The van der Waals surface area contributed by atoms with Gasteiger partial charge in [-0.2, -0.15) is 0 Å². The van der Waals surface area contributed by atoms with Crippen molar-refractivity contribution in [1.29, 1.82) is 0 Å². The van der Waals surface area contributed by atoms with Crippen LogP contribution in [-0.4, -0.2) is 13.1 Å². The van der Waals surface area contributed by atoms with E-state index in [1.807, 2.05) is 0 Å². The lowest BCUT2D eigenvalue weighted by molar-refractivity contribution is 0.0781. The predicted octanol–water partition coefficient (Wildman–Crippen LogP) is 2.16. The Kier molecular flexibility index (Phi) is 3.10. The summed E-state index contributed by atoms with van der Waals surface area (Å²) >= 11 is 2.61. The Morgan fingerprint density at radius 3 is 2.83 bits per heavy atom. The van der Waals surface area contributed by atoms with Gasteiger partial charge < -0.3 is 8.57 Å². The minimum Gasteiger partial charge on any atom is -0.497 e. The van der Waals surface area contributed by atoms with Crippen LogP contribution in [0.5, 0.6) is 5.75 Å². The van der Waals surface area contributed by atoms with E-state index in [4.69, 9.17) is 4.74 Å². The van der Waals surface area contributed by atoms with Crippen molar-refractivity contribution in [3.63, 3.8) is 0 Å². The number of rotatable bonds is 2. The molecule has 0 spiro atoms. The number of methoxy groups -OCH3 is 1. The number of halogens is 1. The molecule has 1 aromatic rings. The smallest absolute Gasteiger partial charge is 0.349 e. The molecule has 0 aliphatic heterocycles. The van der Waals surface area contributed by atoms with E-state index in [2.05, 4.69) is 20.1 Å². The molecule has 1 rings (SSSR count). The summed E-state index contributed by atoms with van der Waals surface area (Å²) in [7, 11) is 1.54. The summed E-state index contributed by atoms with van der Waals surface area (Å²) in [6, 6.07) is 6.72. The maximum absolute atomic E-state index is 11.0. The Morgan fingerprint density at radius 1 is 1.50 bits per heavy atom. The third-order valence-corrected chi connectivity index (χ3v) is 1.67. The van der Waals surface area contributed by atoms with Crippen LogP contribution in [0.15, 0.2) is 24.3 Å². The largest absolute Gasteiger partial charge is 0.497 e. The molecule has 0 saturated heterocycles. The van der Waals surface area contributed by atoms with Gasteiger partial charge in [-0.15, -0.1) is 0 Å². The van der Waals surface area contributed by atoms with E-state index in [9.17, 15) is 4.79 Å². The molecule has 0 heterocycles. The van der Waals surface area contributed by atoms with Crippen LogP contribution < -0.4 is 4.74 Å². The van der Waals surface area contributed by atoms with Gasteiger partial charge in [0, 0.05) is 0 Å². The van der Waals surface area contributed by atoms with Gasteiger partial charge in [-0.05, 0) is 18.2 Å². The standard InChI is InChI=1S/C8H7BrO3/c1-11-7-4-2-3-6(5-7)8(10)12-9/h2-5H,1H3. The molecule has 0 N–H and O–H groups in total. The molecule has 0 aliphatic rings. The number of benzene rings is 1. The summed E-state index contributed by atoms with van der Waals surface area (Å²) in [6.45, 7) is 0. The average Bonchev–Trinajstić information content (AvgIpc) is 2.17. The van der Waals surface area contributed by atoms with Crippen LogP contribution in [0, 0.1) is 0 Å². The summed E-state index contributed by atoms with van der Waals surface area (Å²) in [6.07, 6.45) is 0. The van der Waals surface area contributed by atoms with Crippen LogP contribution in [0.4, 0.5) is 0 Å². The number of hydrogen-bond donors (Lipinski definition) is 0. The fourth-order valence-electron chi connectivity index (χ4n) is 0.795. The van der Waals surface area contributed by atoms with Crippen LogP contribution in [-0.2, 0) is 3.83 Å². The molecule has 0 fully saturated rings. The van der Waals surface area contributed by atoms with Gasteiger partial charge in [-0.25, -0.2) is 4.79 Å². The van der Waals surface area contributed by atoms with Crippen molar-refractivity contribution in [3.8, 4) is 5.75 Å². The molecule has 64 valence electrons. The topological polar surface area (TPSA) is 35.5 Å². The number of hydrogen-bond acceptors (Lipinski definition) is 3. The Bertz CT molecular complexity index is 285. The lowest BCUT2D eigenvalue weighted by Gasteiger charge is -2.00. The Morgan fingerprint density at radius 2 is 2.25 bits per heavy atom. The van der Waals surface area contributed by atoms with Gasteiger partial charge in [-0.3, -0.25) is 0 Å². The van der Waals surface area contributed by atoms with Crippen molar-refractivity contribution < 1.29 is 13.4 Å². The fraction of sp³-hybridized carbons (Fsp3) is 0.125. The number of ether oxygens (including phenoxy) is 1. The van der Waals surface area contributed by atoms with Crippen molar-refractivity contribution >= 4 is 22.2 Å². The first-order valence-electron chi connectivity index (χ1n) is 3.25. The van der Waals surface area contributed by atoms with E-state index in [0.29, 0.717) is 11.3 Å². The van der Waals surface area contributed by atoms with Crippen molar-refractivity contribution in [2.75, 3.05) is 7.11 Å². The maximum atomic E-state index is 11.0. The number of carbonyl (C=O) groups is 1. The van der Waals surface area contributed by atoms with E-state index >= 15 is 0 Å². The van der Waals surface area contributed by atoms with Gasteiger partial charge in [-0.1, -0.05) is 6.07 Å². The zero-order valence-electron chi connectivity index (χ0n) is 6.41. The van der Waals surface area contributed by atoms with Gasteiger partial charge in [0.25, 0.3) is 0 Å². The predicted molar refractivity (Wildman–Crippen MR) is 47.3 cm³/mol. The Labute approximate surface area is 78.7 Å². The highest BCUT2D eigenvalue weighted by Crippen LogP contribution is 2.13. The Balaban J connectivity index is 2.93. The van der Waals surface area contributed by atoms with E-state index < -0.39 is 5.97 Å². The summed E-state index contributed by atoms with van der Waals surface area (Å²) in [4.78, 5) is 11.0. The van der Waals surface area contributed by atoms with Crippen LogP contribution in [0.1, 0.15) is 10.4 Å². The van der Waals surface area contributed by atoms with Gasteiger partial charge in [0.2, 0.25) is 0 Å². The molecular weight excluding hydrogens is 224 g/mol. The van der Waals surface area contributed by atoms with Gasteiger partial charge in [0.15, 0.2) is 16.3 Å². The van der Waals surface area contributed by atoms with E-state index in [1.54, 1.807) is 31.4 Å². The molecule has 0 saturated carbocycles.